The van der Waals surface area contributed by atoms with Gasteiger partial charge in [0.25, 0.3) is 0 Å². The van der Waals surface area contributed by atoms with E-state index in [1.54, 1.807) is 20.8 Å². The molecule has 0 unspecified atom stereocenters. The van der Waals surface area contributed by atoms with E-state index in [1.807, 2.05) is 0 Å². The van der Waals surface area contributed by atoms with Crippen LogP contribution in [-0.4, -0.2) is 30.8 Å². The van der Waals surface area contributed by atoms with Gasteiger partial charge in [0.1, 0.15) is 11.9 Å². The van der Waals surface area contributed by atoms with Crippen molar-refractivity contribution < 1.29 is 14.3 Å². The van der Waals surface area contributed by atoms with Gasteiger partial charge in [0, 0.05) is 0 Å². The van der Waals surface area contributed by atoms with E-state index in [4.69, 9.17) is 5.11 Å². The fraction of sp³-hybridized carbons (Fsp3) is 0.333. The van der Waals surface area contributed by atoms with Gasteiger partial charge in [-0.3, -0.25) is 0 Å². The number of halogens is 1. The first-order chi connectivity index (χ1) is 8.97. The molecule has 0 aliphatic rings. The maximum absolute atomic E-state index is 14.1. The van der Waals surface area contributed by atoms with E-state index < -0.39 is 11.8 Å². The quantitative estimate of drug-likeness (QED) is 0.912. The molecule has 0 atom stereocenters. The molecular weight excluding hydrogens is 251 g/mol. The van der Waals surface area contributed by atoms with Gasteiger partial charge in [-0.05, 0) is 20.3 Å². The smallest absolute Gasteiger partial charge is 0.339 e. The summed E-state index contributed by atoms with van der Waals surface area (Å²) >= 11 is 0. The van der Waals surface area contributed by atoms with Crippen LogP contribution < -0.4 is 0 Å². The minimum Gasteiger partial charge on any atom is -0.478 e. The van der Waals surface area contributed by atoms with Crippen LogP contribution in [-0.2, 0) is 6.42 Å². The molecule has 0 aliphatic heterocycles. The highest BCUT2D eigenvalue weighted by atomic mass is 19.1. The van der Waals surface area contributed by atoms with Crippen molar-refractivity contribution in [1.29, 1.82) is 0 Å². The predicted octanol–water partition coefficient (Wildman–Crippen LogP) is 1.68. The molecule has 2 aromatic rings. The summed E-state index contributed by atoms with van der Waals surface area (Å²) in [6.07, 6.45) is 1.67. The monoisotopic (exact) mass is 264 g/mol. The minimum atomic E-state index is -1.09. The molecule has 7 heteroatoms. The molecular formula is C12H13FN4O2. The number of nitrogens with zero attached hydrogens (tertiary/aromatic N) is 4. The molecule has 0 bridgehead atoms. The predicted molar refractivity (Wildman–Crippen MR) is 64.9 cm³/mol. The summed E-state index contributed by atoms with van der Waals surface area (Å²) in [7, 11) is 0. The number of carboxylic acid groups (broad SMARTS) is 1. The molecule has 0 spiro atoms. The second kappa shape index (κ2) is 4.75. The van der Waals surface area contributed by atoms with Gasteiger partial charge in [0.05, 0.1) is 17.1 Å². The van der Waals surface area contributed by atoms with Crippen molar-refractivity contribution in [3.8, 4) is 5.82 Å². The zero-order valence-electron chi connectivity index (χ0n) is 10.8. The van der Waals surface area contributed by atoms with Crippen LogP contribution in [0.5, 0.6) is 0 Å². The molecule has 0 aliphatic carbocycles. The first-order valence-electron chi connectivity index (χ1n) is 5.76. The van der Waals surface area contributed by atoms with Gasteiger partial charge in [0.2, 0.25) is 0 Å². The summed E-state index contributed by atoms with van der Waals surface area (Å²) < 4.78 is 15.4. The van der Waals surface area contributed by atoms with Gasteiger partial charge in [-0.1, -0.05) is 6.92 Å². The number of hydrogen-bond donors (Lipinski definition) is 1. The Hall–Kier alpha value is -2.31. The molecule has 100 valence electrons. The fourth-order valence-electron chi connectivity index (χ4n) is 1.95. The normalized spacial score (nSPS) is 10.7. The van der Waals surface area contributed by atoms with E-state index in [2.05, 4.69) is 15.1 Å². The number of hydrogen-bond acceptors (Lipinski definition) is 4. The van der Waals surface area contributed by atoms with E-state index in [0.29, 0.717) is 17.8 Å². The molecule has 0 amide bonds. The van der Waals surface area contributed by atoms with Gasteiger partial charge in [-0.2, -0.15) is 5.10 Å². The van der Waals surface area contributed by atoms with Gasteiger partial charge >= 0.3 is 5.97 Å². The summed E-state index contributed by atoms with van der Waals surface area (Å²) in [5.41, 5.74) is 0.996. The molecule has 0 saturated carbocycles. The lowest BCUT2D eigenvalue weighted by atomic mass is 10.2. The van der Waals surface area contributed by atoms with Crippen LogP contribution in [0.4, 0.5) is 4.39 Å². The summed E-state index contributed by atoms with van der Waals surface area (Å²) in [6, 6.07) is 0. The molecule has 2 rings (SSSR count). The third-order valence-corrected chi connectivity index (χ3v) is 2.88. The number of carboxylic acids is 1. The van der Waals surface area contributed by atoms with Crippen LogP contribution in [0.25, 0.3) is 5.82 Å². The Balaban J connectivity index is 2.67. The standard InChI is InChI=1S/C12H13FN4O2/c1-4-8-10(13)11(15-5-14-8)17-7(3)9(12(18)19)6(2)16-17/h5H,4H2,1-3H3,(H,18,19). The zero-order chi connectivity index (χ0) is 14.2. The Labute approximate surface area is 108 Å². The lowest BCUT2D eigenvalue weighted by molar-refractivity contribution is 0.0695. The lowest BCUT2D eigenvalue weighted by Gasteiger charge is -2.06. The Morgan fingerprint density at radius 2 is 2.11 bits per heavy atom. The van der Waals surface area contributed by atoms with Crippen LogP contribution >= 0.6 is 0 Å². The average Bonchev–Trinajstić information content (AvgIpc) is 2.65. The van der Waals surface area contributed by atoms with Crippen molar-refractivity contribution in [3.63, 3.8) is 0 Å². The number of carbonyl (C=O) groups is 1. The third kappa shape index (κ3) is 2.07. The summed E-state index contributed by atoms with van der Waals surface area (Å²) in [6.45, 7) is 4.91. The van der Waals surface area contributed by atoms with E-state index in [-0.39, 0.29) is 17.1 Å². The summed E-state index contributed by atoms with van der Waals surface area (Å²) in [5.74, 6) is -1.70. The summed E-state index contributed by atoms with van der Waals surface area (Å²) in [4.78, 5) is 18.8. The van der Waals surface area contributed by atoms with Gasteiger partial charge < -0.3 is 5.11 Å². The lowest BCUT2D eigenvalue weighted by Crippen LogP contribution is -2.09. The van der Waals surface area contributed by atoms with Crippen molar-refractivity contribution >= 4 is 5.97 Å². The Bertz CT molecular complexity index is 651. The maximum atomic E-state index is 14.1. The Morgan fingerprint density at radius 1 is 1.42 bits per heavy atom. The topological polar surface area (TPSA) is 80.9 Å². The minimum absolute atomic E-state index is 0.0278. The van der Waals surface area contributed by atoms with E-state index in [9.17, 15) is 9.18 Å². The van der Waals surface area contributed by atoms with Crippen molar-refractivity contribution in [2.75, 3.05) is 0 Å². The molecule has 1 N–H and O–H groups in total. The molecule has 0 radical (unpaired) electrons. The second-order valence-electron chi connectivity index (χ2n) is 4.07. The van der Waals surface area contributed by atoms with E-state index in [0.717, 1.165) is 0 Å². The van der Waals surface area contributed by atoms with Gasteiger partial charge in [-0.25, -0.2) is 23.8 Å². The van der Waals surface area contributed by atoms with Crippen LogP contribution in [0.2, 0.25) is 0 Å². The van der Waals surface area contributed by atoms with Crippen LogP contribution in [0.3, 0.4) is 0 Å². The molecule has 6 nitrogen and oxygen atoms in total. The van der Waals surface area contributed by atoms with Crippen LogP contribution in [0.1, 0.15) is 34.4 Å². The fourth-order valence-corrected chi connectivity index (χ4v) is 1.95. The highest BCUT2D eigenvalue weighted by Crippen LogP contribution is 2.19. The van der Waals surface area contributed by atoms with Gasteiger partial charge in [-0.15, -0.1) is 0 Å². The second-order valence-corrected chi connectivity index (χ2v) is 4.07. The van der Waals surface area contributed by atoms with Gasteiger partial charge in [0.15, 0.2) is 11.6 Å². The van der Waals surface area contributed by atoms with E-state index in [1.165, 1.54) is 11.0 Å². The van der Waals surface area contributed by atoms with Crippen molar-refractivity contribution in [3.05, 3.63) is 34.8 Å². The first-order valence-corrected chi connectivity index (χ1v) is 5.76. The maximum Gasteiger partial charge on any atom is 0.339 e. The molecule has 0 saturated heterocycles. The number of aromatic carboxylic acids is 1. The highest BCUT2D eigenvalue weighted by Gasteiger charge is 2.21. The average molecular weight is 264 g/mol. The SMILES string of the molecule is CCc1ncnc(-n2nc(C)c(C(=O)O)c2C)c1F. The molecule has 19 heavy (non-hydrogen) atoms. The molecule has 2 aromatic heterocycles. The van der Waals surface area contributed by atoms with Crippen LogP contribution in [0.15, 0.2) is 6.33 Å². The number of rotatable bonds is 3. The summed E-state index contributed by atoms with van der Waals surface area (Å²) in [5, 5.41) is 13.1. The molecule has 0 aromatic carbocycles. The molecule has 2 heterocycles. The van der Waals surface area contributed by atoms with Crippen LogP contribution in [0, 0.1) is 19.7 Å². The number of aryl methyl sites for hydroxylation is 2. The van der Waals surface area contributed by atoms with Crippen molar-refractivity contribution in [1.82, 2.24) is 19.7 Å². The Kier molecular flexibility index (Phi) is 3.28. The Morgan fingerprint density at radius 3 is 2.63 bits per heavy atom. The number of aromatic nitrogens is 4. The molecule has 0 fully saturated rings. The third-order valence-electron chi connectivity index (χ3n) is 2.88. The largest absolute Gasteiger partial charge is 0.478 e. The van der Waals surface area contributed by atoms with Crippen molar-refractivity contribution in [2.45, 2.75) is 27.2 Å². The van der Waals surface area contributed by atoms with Crippen molar-refractivity contribution in [2.24, 2.45) is 0 Å². The highest BCUT2D eigenvalue weighted by molar-refractivity contribution is 5.90. The zero-order valence-corrected chi connectivity index (χ0v) is 10.8. The first kappa shape index (κ1) is 13.1. The van der Waals surface area contributed by atoms with E-state index >= 15 is 0 Å².